The van der Waals surface area contributed by atoms with Crippen molar-refractivity contribution in [3.05, 3.63) is 388 Å². The normalized spacial score (nSPS) is 12.7. The Morgan fingerprint density at radius 2 is 0.500 bits per heavy atom. The average molecular weight is 1390 g/mol. The van der Waals surface area contributed by atoms with Crippen molar-refractivity contribution in [2.24, 2.45) is 0 Å². The number of fused-ring (bicyclic) bond motifs is 11. The highest BCUT2D eigenvalue weighted by Crippen LogP contribution is 2.56. The smallest absolute Gasteiger partial charge is 0.252 e. The molecule has 0 N–H and O–H groups in total. The van der Waals surface area contributed by atoms with Gasteiger partial charge >= 0.3 is 0 Å². The number of para-hydroxylation sites is 4. The van der Waals surface area contributed by atoms with Crippen molar-refractivity contribution in [3.63, 3.8) is 0 Å². The van der Waals surface area contributed by atoms with E-state index in [2.05, 4.69) is 403 Å². The molecule has 0 unspecified atom stereocenters. The second-order valence-electron chi connectivity index (χ2n) is 30.0. The largest absolute Gasteiger partial charge is 0.310 e. The lowest BCUT2D eigenvalue weighted by Crippen LogP contribution is -2.61. The minimum atomic E-state index is -0.327. The maximum Gasteiger partial charge on any atom is 0.252 e. The van der Waals surface area contributed by atoms with E-state index in [0.717, 1.165) is 106 Å². The third-order valence-corrected chi connectivity index (χ3v) is 24.4. The van der Waals surface area contributed by atoms with Gasteiger partial charge in [0.15, 0.2) is 0 Å². The first-order valence-electron chi connectivity index (χ1n) is 38.3. The summed E-state index contributed by atoms with van der Waals surface area (Å²) in [4.78, 5) is 5.40. The molecule has 24 rings (SSSR count). The molecule has 110 heavy (non-hydrogen) atoms. The molecular formula is C106H64BN3. The van der Waals surface area contributed by atoms with Crippen molar-refractivity contribution >= 4 is 165 Å². The molecular weight excluding hydrogens is 1330 g/mol. The summed E-state index contributed by atoms with van der Waals surface area (Å²) in [5.74, 6) is 0. The Morgan fingerprint density at radius 1 is 0.191 bits per heavy atom. The molecule has 21 aromatic carbocycles. The van der Waals surface area contributed by atoms with Crippen LogP contribution in [0.3, 0.4) is 0 Å². The predicted octanol–water partition coefficient (Wildman–Crippen LogP) is 27.0. The Bertz CT molecular complexity index is 6930. The summed E-state index contributed by atoms with van der Waals surface area (Å²) in [6.07, 6.45) is 0. The van der Waals surface area contributed by atoms with Crippen molar-refractivity contribution in [3.8, 4) is 72.4 Å². The van der Waals surface area contributed by atoms with E-state index in [-0.39, 0.29) is 6.71 Å². The Morgan fingerprint density at radius 3 is 0.882 bits per heavy atom. The van der Waals surface area contributed by atoms with Gasteiger partial charge in [-0.25, -0.2) is 0 Å². The zero-order valence-corrected chi connectivity index (χ0v) is 59.9. The monoisotopic (exact) mass is 1390 g/mol. The van der Waals surface area contributed by atoms with E-state index in [1.165, 1.54) is 124 Å². The lowest BCUT2D eigenvalue weighted by molar-refractivity contribution is 1.16. The fourth-order valence-corrected chi connectivity index (χ4v) is 19.9. The molecule has 3 heterocycles. The molecule has 3 nitrogen and oxygen atoms in total. The molecule has 506 valence electrons. The molecule has 2 aliphatic rings. The van der Waals surface area contributed by atoms with E-state index < -0.39 is 0 Å². The van der Waals surface area contributed by atoms with Gasteiger partial charge in [0, 0.05) is 55.8 Å². The second kappa shape index (κ2) is 23.6. The summed E-state index contributed by atoms with van der Waals surface area (Å²) in [5.41, 5.74) is 27.5. The second-order valence-corrected chi connectivity index (χ2v) is 30.0. The predicted molar refractivity (Wildman–Crippen MR) is 470 cm³/mol. The standard InChI is InChI=1S/C106H64BN3/c1-5-25-65(26-6-1)76-39-21-40-77(66-27-7-2-8-28-66)105(76)109-96-59-53-71(74-55-57-90-86-45-19-35-69-33-17-43-84(100(69)86)88-49-23-47-82(74)102(88)90)61-92(96)107-93-62-72(75-56-58-91-87-46-20-36-70-34-18-44-85(101(70)87)89-50-24-48-83(75)103(89)91)54-60-97(93)110(106-78(67-29-9-3-10-30-67)41-22-42-79(106)68-31-11-4-12-32-68)99-64-73(63-98(109)104(99)107)108-94-51-15-13-37-80(94)81-38-14-16-52-95(81)108/h1-64H. The van der Waals surface area contributed by atoms with Crippen LogP contribution in [0.1, 0.15) is 0 Å². The van der Waals surface area contributed by atoms with E-state index in [1.54, 1.807) is 0 Å². The minimum Gasteiger partial charge on any atom is -0.310 e. The van der Waals surface area contributed by atoms with Gasteiger partial charge in [-0.15, -0.1) is 0 Å². The van der Waals surface area contributed by atoms with Gasteiger partial charge < -0.3 is 14.4 Å². The molecule has 4 heteroatoms. The number of rotatable bonds is 9. The highest BCUT2D eigenvalue weighted by Gasteiger charge is 2.46. The van der Waals surface area contributed by atoms with E-state index in [1.807, 2.05) is 0 Å². The lowest BCUT2D eigenvalue weighted by Gasteiger charge is -2.46. The number of hydrogen-bond donors (Lipinski definition) is 0. The van der Waals surface area contributed by atoms with E-state index in [4.69, 9.17) is 0 Å². The molecule has 2 aliphatic heterocycles. The summed E-state index contributed by atoms with van der Waals surface area (Å²) in [6, 6.07) is 147. The van der Waals surface area contributed by atoms with Crippen LogP contribution < -0.4 is 26.2 Å². The van der Waals surface area contributed by atoms with Gasteiger partial charge in [-0.3, -0.25) is 0 Å². The summed E-state index contributed by atoms with van der Waals surface area (Å²) in [6.45, 7) is -0.327. The fourth-order valence-electron chi connectivity index (χ4n) is 19.9. The van der Waals surface area contributed by atoms with Crippen LogP contribution in [0.25, 0.3) is 180 Å². The lowest BCUT2D eigenvalue weighted by atomic mass is 9.33. The minimum absolute atomic E-state index is 0.327. The zero-order valence-electron chi connectivity index (χ0n) is 59.9. The number of benzene rings is 21. The number of hydrogen-bond acceptors (Lipinski definition) is 2. The van der Waals surface area contributed by atoms with E-state index in [9.17, 15) is 0 Å². The van der Waals surface area contributed by atoms with Crippen molar-refractivity contribution in [2.45, 2.75) is 0 Å². The molecule has 0 atom stereocenters. The SMILES string of the molecule is c1ccc(-c2cccc(-c3ccccc3)c2N2c3ccc(-c4ccc5c6cccc7cccc(c8cccc4c85)c76)cc3B3c4cc(-c5ccc6c7cccc8cccc(c9cccc5c96)c87)ccc4N(c4c(-c5ccccc5)cccc4-c4ccccc4)c4cc(-n5c6ccccc6c6ccccc65)cc2c43)cc1. The van der Waals surface area contributed by atoms with Crippen LogP contribution in [0.2, 0.25) is 0 Å². The highest BCUT2D eigenvalue weighted by molar-refractivity contribution is 7.00. The topological polar surface area (TPSA) is 11.4 Å². The first kappa shape index (κ1) is 60.9. The zero-order chi connectivity index (χ0) is 71.8. The van der Waals surface area contributed by atoms with Crippen LogP contribution in [0.15, 0.2) is 388 Å². The third-order valence-electron chi connectivity index (χ3n) is 24.4. The fraction of sp³-hybridized carbons (Fsp3) is 0. The van der Waals surface area contributed by atoms with Gasteiger partial charge in [0.2, 0.25) is 0 Å². The van der Waals surface area contributed by atoms with Crippen LogP contribution in [0.5, 0.6) is 0 Å². The molecule has 1 aromatic heterocycles. The van der Waals surface area contributed by atoms with Crippen LogP contribution in [0, 0.1) is 0 Å². The van der Waals surface area contributed by atoms with Crippen LogP contribution in [0.4, 0.5) is 34.1 Å². The summed E-state index contributed by atoms with van der Waals surface area (Å²) in [5, 5.41) is 22.9. The van der Waals surface area contributed by atoms with Crippen LogP contribution in [-0.2, 0) is 0 Å². The van der Waals surface area contributed by atoms with Gasteiger partial charge in [-0.1, -0.05) is 352 Å². The molecule has 0 radical (unpaired) electrons. The van der Waals surface area contributed by atoms with Crippen molar-refractivity contribution in [1.82, 2.24) is 4.57 Å². The highest BCUT2D eigenvalue weighted by atomic mass is 15.2. The van der Waals surface area contributed by atoms with E-state index >= 15 is 0 Å². The number of anilines is 6. The molecule has 0 amide bonds. The number of nitrogens with zero attached hydrogens (tertiary/aromatic N) is 3. The van der Waals surface area contributed by atoms with Crippen molar-refractivity contribution in [2.75, 3.05) is 9.80 Å². The first-order valence-corrected chi connectivity index (χ1v) is 38.3. The van der Waals surface area contributed by atoms with Gasteiger partial charge in [-0.05, 0) is 183 Å². The maximum atomic E-state index is 2.70. The van der Waals surface area contributed by atoms with E-state index in [0.29, 0.717) is 0 Å². The van der Waals surface area contributed by atoms with Gasteiger partial charge in [-0.2, -0.15) is 0 Å². The molecule has 0 spiro atoms. The summed E-state index contributed by atoms with van der Waals surface area (Å²) >= 11 is 0. The molecule has 0 fully saturated rings. The molecule has 0 saturated carbocycles. The number of aromatic nitrogens is 1. The Hall–Kier alpha value is -14.3. The maximum absolute atomic E-state index is 2.70. The quantitative estimate of drug-likeness (QED) is 0.0811. The molecule has 22 aromatic rings. The first-order chi connectivity index (χ1) is 54.6. The van der Waals surface area contributed by atoms with Crippen molar-refractivity contribution in [1.29, 1.82) is 0 Å². The Labute approximate surface area is 636 Å². The third kappa shape index (κ3) is 8.73. The Kier molecular flexibility index (Phi) is 13.1. The molecule has 0 aliphatic carbocycles. The summed E-state index contributed by atoms with van der Waals surface area (Å²) in [7, 11) is 0. The van der Waals surface area contributed by atoms with Crippen LogP contribution in [-0.4, -0.2) is 11.3 Å². The van der Waals surface area contributed by atoms with Crippen molar-refractivity contribution < 1.29 is 0 Å². The Balaban J connectivity index is 0.873. The molecule has 0 bridgehead atoms. The van der Waals surface area contributed by atoms with Gasteiger partial charge in [0.25, 0.3) is 6.71 Å². The van der Waals surface area contributed by atoms with Gasteiger partial charge in [0.1, 0.15) is 0 Å². The summed E-state index contributed by atoms with van der Waals surface area (Å²) < 4.78 is 2.54. The molecule has 0 saturated heterocycles. The average Bonchev–Trinajstić information content (AvgIpc) is 0.963. The van der Waals surface area contributed by atoms with Crippen LogP contribution >= 0.6 is 0 Å². The van der Waals surface area contributed by atoms with Gasteiger partial charge in [0.05, 0.1) is 28.1 Å².